The Morgan fingerprint density at radius 1 is 1.50 bits per heavy atom. The van der Waals surface area contributed by atoms with Gasteiger partial charge in [0.25, 0.3) is 11.6 Å². The molecule has 1 aliphatic heterocycles. The van der Waals surface area contributed by atoms with Crippen LogP contribution in [0.5, 0.6) is 0 Å². The number of aryl methyl sites for hydroxylation is 1. The predicted octanol–water partition coefficient (Wildman–Crippen LogP) is 1.53. The van der Waals surface area contributed by atoms with Crippen LogP contribution in [0.25, 0.3) is 0 Å². The van der Waals surface area contributed by atoms with Gasteiger partial charge in [-0.2, -0.15) is 0 Å². The fraction of sp³-hybridized carbons (Fsp3) is 0.462. The molecule has 0 bridgehead atoms. The molecule has 1 saturated heterocycles. The van der Waals surface area contributed by atoms with Gasteiger partial charge in [-0.25, -0.2) is 0 Å². The number of amides is 1. The van der Waals surface area contributed by atoms with Gasteiger partial charge in [0.2, 0.25) is 0 Å². The van der Waals surface area contributed by atoms with E-state index < -0.39 is 4.92 Å². The normalized spacial score (nSPS) is 14.1. The van der Waals surface area contributed by atoms with Crippen molar-refractivity contribution in [1.29, 1.82) is 0 Å². The summed E-state index contributed by atoms with van der Waals surface area (Å²) < 4.78 is 0. The number of rotatable bonds is 5. The zero-order chi connectivity index (χ0) is 13.8. The van der Waals surface area contributed by atoms with Gasteiger partial charge in [0.15, 0.2) is 0 Å². The van der Waals surface area contributed by atoms with Crippen molar-refractivity contribution in [2.45, 2.75) is 13.3 Å². The summed E-state index contributed by atoms with van der Waals surface area (Å²) in [6.45, 7) is 4.28. The lowest BCUT2D eigenvalue weighted by atomic mass is 10.0. The standard InChI is InChI=1S/C13H17N3O3.ClH/c1-2-10-3-4-11(5-12(10)16(18)19)13(17)15-8-9-6-14-7-9;/h3-5,9,14H,2,6-8H2,1H3,(H,15,17);1H. The highest BCUT2D eigenvalue weighted by Gasteiger charge is 2.19. The first-order valence-electron chi connectivity index (χ1n) is 6.38. The van der Waals surface area contributed by atoms with Gasteiger partial charge >= 0.3 is 0 Å². The number of carbonyl (C=O) groups excluding carboxylic acids is 1. The summed E-state index contributed by atoms with van der Waals surface area (Å²) >= 11 is 0. The van der Waals surface area contributed by atoms with Gasteiger partial charge in [0, 0.05) is 42.7 Å². The van der Waals surface area contributed by atoms with Crippen LogP contribution in [0.2, 0.25) is 0 Å². The maximum atomic E-state index is 11.9. The molecule has 0 spiro atoms. The number of halogens is 1. The van der Waals surface area contributed by atoms with Crippen LogP contribution < -0.4 is 10.6 Å². The summed E-state index contributed by atoms with van der Waals surface area (Å²) in [5.41, 5.74) is 1.00. The van der Waals surface area contributed by atoms with Crippen molar-refractivity contribution in [1.82, 2.24) is 10.6 Å². The van der Waals surface area contributed by atoms with Crippen LogP contribution in [0.15, 0.2) is 18.2 Å². The van der Waals surface area contributed by atoms with Crippen LogP contribution in [0, 0.1) is 16.0 Å². The number of hydrogen-bond acceptors (Lipinski definition) is 4. The van der Waals surface area contributed by atoms with Gasteiger partial charge in [-0.3, -0.25) is 14.9 Å². The molecule has 20 heavy (non-hydrogen) atoms. The summed E-state index contributed by atoms with van der Waals surface area (Å²) in [6.07, 6.45) is 0.575. The first kappa shape index (κ1) is 16.4. The maximum Gasteiger partial charge on any atom is 0.273 e. The second-order valence-electron chi connectivity index (χ2n) is 4.69. The third-order valence-corrected chi connectivity index (χ3v) is 3.34. The van der Waals surface area contributed by atoms with Gasteiger partial charge in [0.05, 0.1) is 4.92 Å². The number of carbonyl (C=O) groups is 1. The highest BCUT2D eigenvalue weighted by atomic mass is 35.5. The Balaban J connectivity index is 0.00000200. The van der Waals surface area contributed by atoms with E-state index >= 15 is 0 Å². The van der Waals surface area contributed by atoms with Crippen LogP contribution >= 0.6 is 12.4 Å². The van der Waals surface area contributed by atoms with Gasteiger partial charge in [-0.1, -0.05) is 13.0 Å². The summed E-state index contributed by atoms with van der Waals surface area (Å²) in [4.78, 5) is 22.4. The van der Waals surface area contributed by atoms with Crippen molar-refractivity contribution >= 4 is 24.0 Å². The number of hydrogen-bond donors (Lipinski definition) is 2. The zero-order valence-corrected chi connectivity index (χ0v) is 12.0. The lowest BCUT2D eigenvalue weighted by Gasteiger charge is -2.27. The molecule has 0 saturated carbocycles. The molecule has 0 aliphatic carbocycles. The molecule has 2 rings (SSSR count). The molecule has 1 aliphatic rings. The van der Waals surface area contributed by atoms with Gasteiger partial charge < -0.3 is 10.6 Å². The Morgan fingerprint density at radius 3 is 2.70 bits per heavy atom. The third-order valence-electron chi connectivity index (χ3n) is 3.34. The monoisotopic (exact) mass is 299 g/mol. The van der Waals surface area contributed by atoms with Crippen LogP contribution in [0.4, 0.5) is 5.69 Å². The van der Waals surface area contributed by atoms with E-state index in [4.69, 9.17) is 0 Å². The molecule has 0 radical (unpaired) electrons. The number of nitrogens with one attached hydrogen (secondary N) is 2. The molecule has 1 heterocycles. The molecule has 1 aromatic rings. The van der Waals surface area contributed by atoms with Crippen molar-refractivity contribution in [3.63, 3.8) is 0 Å². The first-order chi connectivity index (χ1) is 9.11. The molecular formula is C13H18ClN3O3. The van der Waals surface area contributed by atoms with E-state index in [1.165, 1.54) is 6.07 Å². The Bertz CT molecular complexity index is 504. The second kappa shape index (κ2) is 7.21. The van der Waals surface area contributed by atoms with Crippen molar-refractivity contribution in [3.8, 4) is 0 Å². The largest absolute Gasteiger partial charge is 0.352 e. The molecular weight excluding hydrogens is 282 g/mol. The highest BCUT2D eigenvalue weighted by molar-refractivity contribution is 5.95. The lowest BCUT2D eigenvalue weighted by Crippen LogP contribution is -2.48. The number of nitrogens with zero attached hydrogens (tertiary/aromatic N) is 1. The van der Waals surface area contributed by atoms with E-state index in [2.05, 4.69) is 10.6 Å². The van der Waals surface area contributed by atoms with Crippen LogP contribution in [-0.2, 0) is 6.42 Å². The summed E-state index contributed by atoms with van der Waals surface area (Å²) in [7, 11) is 0. The smallest absolute Gasteiger partial charge is 0.273 e. The molecule has 110 valence electrons. The van der Waals surface area contributed by atoms with Crippen molar-refractivity contribution in [2.24, 2.45) is 5.92 Å². The Hall–Kier alpha value is -1.66. The van der Waals surface area contributed by atoms with E-state index in [9.17, 15) is 14.9 Å². The van der Waals surface area contributed by atoms with Crippen molar-refractivity contribution in [2.75, 3.05) is 19.6 Å². The first-order valence-corrected chi connectivity index (χ1v) is 6.38. The molecule has 6 nitrogen and oxygen atoms in total. The molecule has 0 atom stereocenters. The Morgan fingerprint density at radius 2 is 2.20 bits per heavy atom. The summed E-state index contributed by atoms with van der Waals surface area (Å²) in [5.74, 6) is 0.214. The lowest BCUT2D eigenvalue weighted by molar-refractivity contribution is -0.385. The zero-order valence-electron chi connectivity index (χ0n) is 11.2. The molecule has 7 heteroatoms. The second-order valence-corrected chi connectivity index (χ2v) is 4.69. The van der Waals surface area contributed by atoms with Crippen LogP contribution in [-0.4, -0.2) is 30.5 Å². The average Bonchev–Trinajstić information content (AvgIpc) is 2.35. The molecule has 2 N–H and O–H groups in total. The minimum atomic E-state index is -0.439. The summed E-state index contributed by atoms with van der Waals surface area (Å²) in [5, 5.41) is 16.9. The van der Waals surface area contributed by atoms with E-state index in [0.717, 1.165) is 13.1 Å². The summed E-state index contributed by atoms with van der Waals surface area (Å²) in [6, 6.07) is 4.64. The predicted molar refractivity (Wildman–Crippen MR) is 78.4 cm³/mol. The minimum Gasteiger partial charge on any atom is -0.352 e. The fourth-order valence-corrected chi connectivity index (χ4v) is 2.01. The molecule has 1 amide bonds. The van der Waals surface area contributed by atoms with Gasteiger partial charge in [0.1, 0.15) is 0 Å². The van der Waals surface area contributed by atoms with E-state index in [-0.39, 0.29) is 24.0 Å². The quantitative estimate of drug-likeness (QED) is 0.638. The van der Waals surface area contributed by atoms with E-state index in [1.807, 2.05) is 6.92 Å². The Kier molecular flexibility index (Phi) is 5.91. The number of nitro groups is 1. The number of nitro benzene ring substituents is 1. The molecule has 1 aromatic carbocycles. The topological polar surface area (TPSA) is 84.3 Å². The van der Waals surface area contributed by atoms with Gasteiger partial charge in [-0.15, -0.1) is 12.4 Å². The van der Waals surface area contributed by atoms with Crippen LogP contribution in [0.3, 0.4) is 0 Å². The van der Waals surface area contributed by atoms with Crippen molar-refractivity contribution < 1.29 is 9.72 Å². The average molecular weight is 300 g/mol. The minimum absolute atomic E-state index is 0. The highest BCUT2D eigenvalue weighted by Crippen LogP contribution is 2.20. The molecule has 0 aromatic heterocycles. The molecule has 1 fully saturated rings. The van der Waals surface area contributed by atoms with E-state index in [1.54, 1.807) is 12.1 Å². The van der Waals surface area contributed by atoms with Crippen LogP contribution in [0.1, 0.15) is 22.8 Å². The SMILES string of the molecule is CCc1ccc(C(=O)NCC2CNC2)cc1[N+](=O)[O-].Cl. The van der Waals surface area contributed by atoms with Gasteiger partial charge in [-0.05, 0) is 12.5 Å². The third kappa shape index (κ3) is 3.68. The number of benzene rings is 1. The Labute approximate surface area is 123 Å². The fourth-order valence-electron chi connectivity index (χ4n) is 2.01. The molecule has 0 unspecified atom stereocenters. The van der Waals surface area contributed by atoms with Crippen molar-refractivity contribution in [3.05, 3.63) is 39.4 Å². The maximum absolute atomic E-state index is 11.9. The van der Waals surface area contributed by atoms with E-state index in [0.29, 0.717) is 30.0 Å².